The van der Waals surface area contributed by atoms with E-state index in [0.717, 1.165) is 11.8 Å². The normalized spacial score (nSPS) is 37.9. The van der Waals surface area contributed by atoms with Crippen molar-refractivity contribution in [2.45, 2.75) is 71.1 Å². The van der Waals surface area contributed by atoms with E-state index in [9.17, 15) is 0 Å². The van der Waals surface area contributed by atoms with Gasteiger partial charge in [0.25, 0.3) is 0 Å². The van der Waals surface area contributed by atoms with Crippen LogP contribution in [0.25, 0.3) is 0 Å². The highest BCUT2D eigenvalue weighted by Crippen LogP contribution is 2.52. The minimum Gasteiger partial charge on any atom is -0.103 e. The number of hydrogen-bond acceptors (Lipinski definition) is 0. The van der Waals surface area contributed by atoms with Gasteiger partial charge in [0, 0.05) is 0 Å². The summed E-state index contributed by atoms with van der Waals surface area (Å²) in [5.74, 6) is 1.79. The highest BCUT2D eigenvalue weighted by molar-refractivity contribution is 5.00. The van der Waals surface area contributed by atoms with Crippen LogP contribution in [0.1, 0.15) is 71.1 Å². The summed E-state index contributed by atoms with van der Waals surface area (Å²) in [6, 6.07) is 0. The predicted octanol–water partition coefficient (Wildman–Crippen LogP) is 5.34. The lowest BCUT2D eigenvalue weighted by atomic mass is 9.65. The molecule has 0 nitrogen and oxygen atoms in total. The van der Waals surface area contributed by atoms with Gasteiger partial charge in [-0.15, -0.1) is 6.58 Å². The first kappa shape index (κ1) is 12.2. The van der Waals surface area contributed by atoms with Crippen LogP contribution >= 0.6 is 0 Å². The van der Waals surface area contributed by atoms with Crippen LogP contribution in [0.2, 0.25) is 0 Å². The molecule has 0 saturated heterocycles. The third-order valence-electron chi connectivity index (χ3n) is 5.40. The van der Waals surface area contributed by atoms with Gasteiger partial charge in [-0.3, -0.25) is 0 Å². The van der Waals surface area contributed by atoms with Crippen LogP contribution in [0, 0.1) is 17.3 Å². The number of allylic oxidation sites excluding steroid dienone is 1. The third kappa shape index (κ3) is 2.36. The molecule has 2 fully saturated rings. The Morgan fingerprint density at radius 2 is 1.56 bits per heavy atom. The molecule has 2 saturated carbocycles. The van der Waals surface area contributed by atoms with E-state index >= 15 is 0 Å². The van der Waals surface area contributed by atoms with Crippen molar-refractivity contribution in [3.63, 3.8) is 0 Å². The molecule has 0 aromatic heterocycles. The van der Waals surface area contributed by atoms with E-state index in [2.05, 4.69) is 19.6 Å². The highest BCUT2D eigenvalue weighted by atomic mass is 14.5. The summed E-state index contributed by atoms with van der Waals surface area (Å²) in [4.78, 5) is 0. The molecular weight excluding hydrogens is 192 g/mol. The van der Waals surface area contributed by atoms with Gasteiger partial charge < -0.3 is 0 Å². The Bertz CT molecular complexity index is 222. The van der Waals surface area contributed by atoms with E-state index in [0.29, 0.717) is 5.41 Å². The first-order valence-corrected chi connectivity index (χ1v) is 7.40. The van der Waals surface area contributed by atoms with Gasteiger partial charge in [0.1, 0.15) is 0 Å². The zero-order chi connectivity index (χ0) is 11.4. The first-order valence-electron chi connectivity index (χ1n) is 7.40. The molecule has 0 amide bonds. The highest BCUT2D eigenvalue weighted by Gasteiger charge is 2.42. The zero-order valence-corrected chi connectivity index (χ0v) is 11.0. The van der Waals surface area contributed by atoms with Crippen molar-refractivity contribution in [2.75, 3.05) is 0 Å². The summed E-state index contributed by atoms with van der Waals surface area (Å²) < 4.78 is 0. The quantitative estimate of drug-likeness (QED) is 0.551. The smallest absolute Gasteiger partial charge is 0.0180 e. The van der Waals surface area contributed by atoms with Crippen molar-refractivity contribution in [1.29, 1.82) is 0 Å². The van der Waals surface area contributed by atoms with Crippen molar-refractivity contribution < 1.29 is 0 Å². The van der Waals surface area contributed by atoms with E-state index in [1.54, 1.807) is 0 Å². The molecule has 0 unspecified atom stereocenters. The Balaban J connectivity index is 2.04. The predicted molar refractivity (Wildman–Crippen MR) is 71.5 cm³/mol. The first-order chi connectivity index (χ1) is 7.77. The Morgan fingerprint density at radius 1 is 0.938 bits per heavy atom. The molecule has 0 radical (unpaired) electrons. The minimum atomic E-state index is 0.596. The van der Waals surface area contributed by atoms with Gasteiger partial charge in [-0.2, -0.15) is 0 Å². The molecule has 2 rings (SSSR count). The molecule has 92 valence electrons. The molecule has 0 N–H and O–H groups in total. The average Bonchev–Trinajstić information content (AvgIpc) is 2.59. The fraction of sp³-hybridized carbons (Fsp3) is 0.875. The maximum absolute atomic E-state index is 4.07. The number of hydrogen-bond donors (Lipinski definition) is 0. The lowest BCUT2D eigenvalue weighted by molar-refractivity contribution is 0.120. The SMILES string of the molecule is C=C[C@@H]1CCC[C@@]1(C)C1CCCCCCC1. The second-order valence-electron chi connectivity index (χ2n) is 6.28. The largest absolute Gasteiger partial charge is 0.103 e. The van der Waals surface area contributed by atoms with Crippen molar-refractivity contribution in [3.8, 4) is 0 Å². The van der Waals surface area contributed by atoms with E-state index < -0.39 is 0 Å². The maximum Gasteiger partial charge on any atom is -0.0180 e. The van der Waals surface area contributed by atoms with E-state index in [1.165, 1.54) is 64.2 Å². The summed E-state index contributed by atoms with van der Waals surface area (Å²) in [6.07, 6.45) is 16.9. The summed E-state index contributed by atoms with van der Waals surface area (Å²) in [5.41, 5.74) is 0.596. The number of rotatable bonds is 2. The Hall–Kier alpha value is -0.260. The molecule has 2 atom stereocenters. The van der Waals surface area contributed by atoms with Crippen LogP contribution in [-0.4, -0.2) is 0 Å². The standard InChI is InChI=1S/C16H28/c1-3-14-12-9-13-16(14,2)15-10-7-5-4-6-8-11-15/h3,14-15H,1,4-13H2,2H3/t14-,16-/m1/s1. The topological polar surface area (TPSA) is 0 Å². The van der Waals surface area contributed by atoms with Crippen LogP contribution in [0.15, 0.2) is 12.7 Å². The van der Waals surface area contributed by atoms with E-state index in [4.69, 9.17) is 0 Å². The van der Waals surface area contributed by atoms with Crippen molar-refractivity contribution in [2.24, 2.45) is 17.3 Å². The lowest BCUT2D eigenvalue weighted by Gasteiger charge is -2.39. The van der Waals surface area contributed by atoms with Crippen molar-refractivity contribution in [3.05, 3.63) is 12.7 Å². The molecule has 0 spiro atoms. The average molecular weight is 220 g/mol. The maximum atomic E-state index is 4.07. The molecule has 0 aliphatic heterocycles. The fourth-order valence-electron chi connectivity index (χ4n) is 4.23. The Labute approximate surface area is 102 Å². The van der Waals surface area contributed by atoms with Crippen LogP contribution in [0.5, 0.6) is 0 Å². The van der Waals surface area contributed by atoms with Gasteiger partial charge >= 0.3 is 0 Å². The van der Waals surface area contributed by atoms with Gasteiger partial charge in [0.2, 0.25) is 0 Å². The summed E-state index contributed by atoms with van der Waals surface area (Å²) in [5, 5.41) is 0. The van der Waals surface area contributed by atoms with Gasteiger partial charge in [-0.25, -0.2) is 0 Å². The molecule has 0 heteroatoms. The van der Waals surface area contributed by atoms with Gasteiger partial charge in [0.15, 0.2) is 0 Å². The summed E-state index contributed by atoms with van der Waals surface area (Å²) in [7, 11) is 0. The van der Waals surface area contributed by atoms with Crippen LogP contribution in [0.3, 0.4) is 0 Å². The fourth-order valence-corrected chi connectivity index (χ4v) is 4.23. The molecule has 0 aromatic rings. The molecule has 0 aromatic carbocycles. The molecular formula is C16H28. The summed E-state index contributed by atoms with van der Waals surface area (Å²) in [6.45, 7) is 6.63. The van der Waals surface area contributed by atoms with E-state index in [1.807, 2.05) is 0 Å². The van der Waals surface area contributed by atoms with Crippen LogP contribution in [-0.2, 0) is 0 Å². The minimum absolute atomic E-state index is 0.596. The van der Waals surface area contributed by atoms with E-state index in [-0.39, 0.29) is 0 Å². The molecule has 16 heavy (non-hydrogen) atoms. The third-order valence-corrected chi connectivity index (χ3v) is 5.40. The lowest BCUT2D eigenvalue weighted by Crippen LogP contribution is -2.31. The molecule has 0 bridgehead atoms. The second-order valence-corrected chi connectivity index (χ2v) is 6.28. The second kappa shape index (κ2) is 5.38. The monoisotopic (exact) mass is 220 g/mol. The Morgan fingerprint density at radius 3 is 2.19 bits per heavy atom. The van der Waals surface area contributed by atoms with Crippen molar-refractivity contribution >= 4 is 0 Å². The van der Waals surface area contributed by atoms with Gasteiger partial charge in [-0.1, -0.05) is 51.5 Å². The Kier molecular flexibility index (Phi) is 4.10. The van der Waals surface area contributed by atoms with Crippen LogP contribution < -0.4 is 0 Å². The van der Waals surface area contributed by atoms with Gasteiger partial charge in [0.05, 0.1) is 0 Å². The molecule has 2 aliphatic carbocycles. The zero-order valence-electron chi connectivity index (χ0n) is 11.0. The van der Waals surface area contributed by atoms with Gasteiger partial charge in [-0.05, 0) is 42.9 Å². The van der Waals surface area contributed by atoms with Crippen molar-refractivity contribution in [1.82, 2.24) is 0 Å². The molecule has 0 heterocycles. The van der Waals surface area contributed by atoms with Crippen LogP contribution in [0.4, 0.5) is 0 Å². The summed E-state index contributed by atoms with van der Waals surface area (Å²) >= 11 is 0. The molecule has 2 aliphatic rings.